The van der Waals surface area contributed by atoms with Gasteiger partial charge in [-0.2, -0.15) is 0 Å². The van der Waals surface area contributed by atoms with Crippen LogP contribution in [0.15, 0.2) is 66.7 Å². The molecule has 0 N–H and O–H groups in total. The summed E-state index contributed by atoms with van der Waals surface area (Å²) in [4.78, 5) is 31.9. The highest BCUT2D eigenvalue weighted by Crippen LogP contribution is 2.23. The van der Waals surface area contributed by atoms with Crippen molar-refractivity contribution in [3.05, 3.63) is 72.3 Å². The van der Waals surface area contributed by atoms with Crippen LogP contribution < -0.4 is 9.64 Å². The summed E-state index contributed by atoms with van der Waals surface area (Å²) in [5, 5.41) is 8.83. The normalized spacial score (nSPS) is 14.2. The molecular formula is C29H35N5O3. The first-order valence-corrected chi connectivity index (χ1v) is 12.8. The summed E-state index contributed by atoms with van der Waals surface area (Å²) < 4.78 is 5.30. The lowest BCUT2D eigenvalue weighted by Crippen LogP contribution is -2.53. The molecule has 3 aromatic rings. The van der Waals surface area contributed by atoms with Crippen molar-refractivity contribution in [1.29, 1.82) is 0 Å². The number of benzene rings is 2. The van der Waals surface area contributed by atoms with Crippen LogP contribution in [0.2, 0.25) is 0 Å². The Hall–Kier alpha value is -3.94. The first kappa shape index (κ1) is 26.1. The van der Waals surface area contributed by atoms with Crippen molar-refractivity contribution in [2.75, 3.05) is 44.7 Å². The maximum absolute atomic E-state index is 13.2. The lowest BCUT2D eigenvalue weighted by atomic mass is 10.1. The quantitative estimate of drug-likeness (QED) is 0.445. The van der Waals surface area contributed by atoms with Gasteiger partial charge in [0.1, 0.15) is 12.3 Å². The average molecular weight is 502 g/mol. The molecule has 0 saturated carbocycles. The molecule has 8 nitrogen and oxygen atoms in total. The molecule has 2 amide bonds. The molecule has 0 unspecified atom stereocenters. The van der Waals surface area contributed by atoms with E-state index in [1.165, 1.54) is 0 Å². The number of ether oxygens (including phenoxy) is 1. The molecule has 0 radical (unpaired) electrons. The van der Waals surface area contributed by atoms with Gasteiger partial charge in [-0.15, -0.1) is 10.2 Å². The highest BCUT2D eigenvalue weighted by molar-refractivity contribution is 5.86. The molecule has 1 saturated heterocycles. The maximum Gasteiger partial charge on any atom is 0.242 e. The van der Waals surface area contributed by atoms with Crippen LogP contribution in [-0.4, -0.2) is 77.7 Å². The van der Waals surface area contributed by atoms with Gasteiger partial charge >= 0.3 is 0 Å². The topological polar surface area (TPSA) is 78.9 Å². The molecule has 1 fully saturated rings. The largest absolute Gasteiger partial charge is 0.497 e. The van der Waals surface area contributed by atoms with Gasteiger partial charge in [0, 0.05) is 37.8 Å². The van der Waals surface area contributed by atoms with Crippen molar-refractivity contribution in [3.63, 3.8) is 0 Å². The Balaban J connectivity index is 1.33. The second-order valence-electron chi connectivity index (χ2n) is 9.32. The fourth-order valence-electron chi connectivity index (χ4n) is 4.44. The summed E-state index contributed by atoms with van der Waals surface area (Å²) in [5.74, 6) is 1.54. The van der Waals surface area contributed by atoms with Gasteiger partial charge in [-0.3, -0.25) is 9.59 Å². The molecule has 0 spiro atoms. The van der Waals surface area contributed by atoms with Crippen LogP contribution in [-0.2, 0) is 16.0 Å². The number of aromatic nitrogens is 2. The molecule has 2 heterocycles. The minimum Gasteiger partial charge on any atom is -0.497 e. The van der Waals surface area contributed by atoms with Crippen LogP contribution in [0, 0.1) is 0 Å². The molecule has 0 bridgehead atoms. The van der Waals surface area contributed by atoms with Crippen LogP contribution in [0.4, 0.5) is 5.82 Å². The standard InChI is InChI=1S/C29H35N5O3/c1-4-22(2)34(28(35)19-23-9-6-5-7-10-23)21-29(36)33-17-15-32(16-18-33)27-14-13-26(30-31-27)24-11-8-12-25(20-24)37-3/h5-14,20,22H,4,15-19,21H2,1-3H3/t22-/m0/s1. The zero-order valence-corrected chi connectivity index (χ0v) is 21.8. The van der Waals surface area contributed by atoms with Crippen molar-refractivity contribution < 1.29 is 14.3 Å². The first-order chi connectivity index (χ1) is 18.0. The van der Waals surface area contributed by atoms with Gasteiger partial charge in [-0.1, -0.05) is 49.4 Å². The molecule has 1 aliphatic rings. The molecule has 4 rings (SSSR count). The highest BCUT2D eigenvalue weighted by atomic mass is 16.5. The van der Waals surface area contributed by atoms with E-state index in [0.29, 0.717) is 32.6 Å². The molecule has 37 heavy (non-hydrogen) atoms. The van der Waals surface area contributed by atoms with Gasteiger partial charge in [0.15, 0.2) is 5.82 Å². The van der Waals surface area contributed by atoms with Gasteiger partial charge in [0.05, 0.1) is 19.2 Å². The van der Waals surface area contributed by atoms with Crippen LogP contribution in [0.1, 0.15) is 25.8 Å². The number of nitrogens with zero attached hydrogens (tertiary/aromatic N) is 5. The summed E-state index contributed by atoms with van der Waals surface area (Å²) in [6, 6.07) is 21.3. The van der Waals surface area contributed by atoms with Gasteiger partial charge in [0.2, 0.25) is 11.8 Å². The third-order valence-electron chi connectivity index (χ3n) is 6.92. The Labute approximate surface area is 218 Å². The van der Waals surface area contributed by atoms with Crippen molar-refractivity contribution in [2.24, 2.45) is 0 Å². The van der Waals surface area contributed by atoms with Crippen molar-refractivity contribution in [2.45, 2.75) is 32.7 Å². The molecule has 1 atom stereocenters. The van der Waals surface area contributed by atoms with E-state index in [-0.39, 0.29) is 24.4 Å². The Bertz CT molecular complexity index is 1180. The van der Waals surface area contributed by atoms with E-state index in [4.69, 9.17) is 4.74 Å². The fraction of sp³-hybridized carbons (Fsp3) is 0.379. The number of amides is 2. The number of hydrogen-bond donors (Lipinski definition) is 0. The monoisotopic (exact) mass is 501 g/mol. The second-order valence-corrected chi connectivity index (χ2v) is 9.32. The van der Waals surface area contributed by atoms with Crippen LogP contribution >= 0.6 is 0 Å². The number of anilines is 1. The molecule has 194 valence electrons. The smallest absolute Gasteiger partial charge is 0.242 e. The minimum atomic E-state index is -0.0149. The second kappa shape index (κ2) is 12.3. The Morgan fingerprint density at radius 3 is 2.38 bits per heavy atom. The molecule has 1 aromatic heterocycles. The average Bonchev–Trinajstić information content (AvgIpc) is 2.96. The number of rotatable bonds is 9. The van der Waals surface area contributed by atoms with E-state index in [1.807, 2.05) is 85.5 Å². The molecule has 0 aliphatic carbocycles. The van der Waals surface area contributed by atoms with Crippen molar-refractivity contribution in [3.8, 4) is 17.0 Å². The molecule has 1 aliphatic heterocycles. The minimum absolute atomic E-state index is 0.000164. The van der Waals surface area contributed by atoms with E-state index in [2.05, 4.69) is 15.1 Å². The predicted octanol–water partition coefficient (Wildman–Crippen LogP) is 3.67. The van der Waals surface area contributed by atoms with E-state index in [0.717, 1.165) is 34.8 Å². The van der Waals surface area contributed by atoms with E-state index in [1.54, 1.807) is 12.0 Å². The molecular weight excluding hydrogens is 466 g/mol. The van der Waals surface area contributed by atoms with Gasteiger partial charge in [0.25, 0.3) is 0 Å². The summed E-state index contributed by atoms with van der Waals surface area (Å²) in [5.41, 5.74) is 2.68. The first-order valence-electron chi connectivity index (χ1n) is 12.8. The van der Waals surface area contributed by atoms with Crippen LogP contribution in [0.3, 0.4) is 0 Å². The van der Waals surface area contributed by atoms with Crippen molar-refractivity contribution >= 4 is 17.6 Å². The van der Waals surface area contributed by atoms with Gasteiger partial charge < -0.3 is 19.4 Å². The summed E-state index contributed by atoms with van der Waals surface area (Å²) in [6.07, 6.45) is 1.10. The van der Waals surface area contributed by atoms with Crippen molar-refractivity contribution in [1.82, 2.24) is 20.0 Å². The lowest BCUT2D eigenvalue weighted by molar-refractivity contribution is -0.142. The fourth-order valence-corrected chi connectivity index (χ4v) is 4.44. The summed E-state index contributed by atoms with van der Waals surface area (Å²) >= 11 is 0. The number of carbonyl (C=O) groups is 2. The number of methoxy groups -OCH3 is 1. The number of carbonyl (C=O) groups excluding carboxylic acids is 2. The third kappa shape index (κ3) is 6.64. The van der Waals surface area contributed by atoms with E-state index in [9.17, 15) is 9.59 Å². The highest BCUT2D eigenvalue weighted by Gasteiger charge is 2.27. The summed E-state index contributed by atoms with van der Waals surface area (Å²) in [7, 11) is 1.64. The predicted molar refractivity (Wildman–Crippen MR) is 144 cm³/mol. The van der Waals surface area contributed by atoms with Crippen LogP contribution in [0.5, 0.6) is 5.75 Å². The zero-order valence-electron chi connectivity index (χ0n) is 21.8. The number of hydrogen-bond acceptors (Lipinski definition) is 6. The molecule has 2 aromatic carbocycles. The maximum atomic E-state index is 13.2. The Kier molecular flexibility index (Phi) is 8.72. The van der Waals surface area contributed by atoms with Gasteiger partial charge in [-0.25, -0.2) is 0 Å². The third-order valence-corrected chi connectivity index (χ3v) is 6.92. The van der Waals surface area contributed by atoms with E-state index < -0.39 is 0 Å². The molecule has 8 heteroatoms. The zero-order chi connectivity index (χ0) is 26.2. The van der Waals surface area contributed by atoms with Gasteiger partial charge in [-0.05, 0) is 43.2 Å². The lowest BCUT2D eigenvalue weighted by Gasteiger charge is -2.37. The number of piperazine rings is 1. The summed E-state index contributed by atoms with van der Waals surface area (Å²) in [6.45, 7) is 6.65. The van der Waals surface area contributed by atoms with E-state index >= 15 is 0 Å². The SMILES string of the molecule is CC[C@H](C)N(CC(=O)N1CCN(c2ccc(-c3cccc(OC)c3)nn2)CC1)C(=O)Cc1ccccc1. The van der Waals surface area contributed by atoms with Crippen LogP contribution in [0.25, 0.3) is 11.3 Å². The Morgan fingerprint density at radius 2 is 1.73 bits per heavy atom. The Morgan fingerprint density at radius 1 is 0.973 bits per heavy atom.